The van der Waals surface area contributed by atoms with Gasteiger partial charge in [-0.2, -0.15) is 5.10 Å². The molecule has 0 fully saturated rings. The Balaban J connectivity index is 1.45. The molecule has 5 rings (SSSR count). The molecule has 1 amide bonds. The monoisotopic (exact) mass is 370 g/mol. The number of aryl methyl sites for hydroxylation is 1. The molecular formula is C20H14N6O2. The van der Waals surface area contributed by atoms with Crippen LogP contribution in [0.4, 0.5) is 5.82 Å². The zero-order valence-corrected chi connectivity index (χ0v) is 14.8. The highest BCUT2D eigenvalue weighted by Gasteiger charge is 2.11. The molecule has 0 saturated carbocycles. The zero-order chi connectivity index (χ0) is 19.1. The Hall–Kier alpha value is -4.07. The minimum absolute atomic E-state index is 0.276. The van der Waals surface area contributed by atoms with Crippen LogP contribution >= 0.6 is 0 Å². The summed E-state index contributed by atoms with van der Waals surface area (Å²) < 4.78 is 6.99. The molecule has 1 aromatic carbocycles. The van der Waals surface area contributed by atoms with Gasteiger partial charge in [0.1, 0.15) is 11.3 Å². The fourth-order valence-corrected chi connectivity index (χ4v) is 3.01. The number of anilines is 1. The van der Waals surface area contributed by atoms with Crippen molar-refractivity contribution in [3.05, 3.63) is 67.1 Å². The van der Waals surface area contributed by atoms with Crippen LogP contribution in [0.3, 0.4) is 0 Å². The van der Waals surface area contributed by atoms with Crippen LogP contribution in [0, 0.1) is 0 Å². The maximum absolute atomic E-state index is 12.6. The van der Waals surface area contributed by atoms with E-state index in [-0.39, 0.29) is 5.91 Å². The number of aromatic nitrogens is 5. The summed E-state index contributed by atoms with van der Waals surface area (Å²) in [7, 11) is 1.87. The Labute approximate surface area is 158 Å². The van der Waals surface area contributed by atoms with Gasteiger partial charge in [-0.25, -0.2) is 9.97 Å². The molecule has 0 bridgehead atoms. The Morgan fingerprint density at radius 3 is 2.79 bits per heavy atom. The van der Waals surface area contributed by atoms with Crippen LogP contribution in [0.15, 0.2) is 65.9 Å². The van der Waals surface area contributed by atoms with E-state index in [1.165, 1.54) is 6.39 Å². The lowest BCUT2D eigenvalue weighted by atomic mass is 10.1. The number of hydrogen-bond acceptors (Lipinski definition) is 6. The quantitative estimate of drug-likeness (QED) is 0.522. The Morgan fingerprint density at radius 2 is 1.93 bits per heavy atom. The molecule has 5 aromatic rings. The third kappa shape index (κ3) is 2.86. The third-order valence-corrected chi connectivity index (χ3v) is 4.44. The van der Waals surface area contributed by atoms with E-state index in [1.54, 1.807) is 47.5 Å². The summed E-state index contributed by atoms with van der Waals surface area (Å²) in [5.41, 5.74) is 4.39. The van der Waals surface area contributed by atoms with Crippen molar-refractivity contribution < 1.29 is 9.21 Å². The van der Waals surface area contributed by atoms with Crippen LogP contribution in [0.1, 0.15) is 10.4 Å². The molecule has 8 nitrogen and oxygen atoms in total. The van der Waals surface area contributed by atoms with Crippen molar-refractivity contribution in [2.45, 2.75) is 0 Å². The SMILES string of the molecule is Cn1cc(-c2cnc3cnc(NC(=O)c4ccc5ncoc5c4)cc3c2)cn1. The number of oxazole rings is 1. The number of amides is 1. The lowest BCUT2D eigenvalue weighted by Gasteiger charge is -2.06. The highest BCUT2D eigenvalue weighted by Crippen LogP contribution is 2.23. The number of nitrogens with one attached hydrogen (secondary N) is 1. The van der Waals surface area contributed by atoms with Crippen LogP contribution in [0.2, 0.25) is 0 Å². The number of carbonyl (C=O) groups excluding carboxylic acids is 1. The third-order valence-electron chi connectivity index (χ3n) is 4.44. The first-order valence-corrected chi connectivity index (χ1v) is 8.55. The molecule has 4 aromatic heterocycles. The maximum atomic E-state index is 12.6. The van der Waals surface area contributed by atoms with Gasteiger partial charge in [0.25, 0.3) is 5.91 Å². The summed E-state index contributed by atoms with van der Waals surface area (Å²) in [6, 6.07) is 8.89. The van der Waals surface area contributed by atoms with Gasteiger partial charge in [0.05, 0.1) is 17.9 Å². The van der Waals surface area contributed by atoms with E-state index in [4.69, 9.17) is 4.42 Å². The van der Waals surface area contributed by atoms with E-state index in [0.717, 1.165) is 22.0 Å². The number of fused-ring (bicyclic) bond motifs is 2. The molecule has 1 N–H and O–H groups in total. The molecule has 0 aliphatic rings. The minimum Gasteiger partial charge on any atom is -0.443 e. The van der Waals surface area contributed by atoms with Crippen molar-refractivity contribution in [2.75, 3.05) is 5.32 Å². The summed E-state index contributed by atoms with van der Waals surface area (Å²) in [6.07, 6.45) is 8.48. The predicted molar refractivity (Wildman–Crippen MR) is 104 cm³/mol. The topological polar surface area (TPSA) is 98.7 Å². The van der Waals surface area contributed by atoms with Gasteiger partial charge in [0.2, 0.25) is 0 Å². The molecule has 28 heavy (non-hydrogen) atoms. The average molecular weight is 370 g/mol. The van der Waals surface area contributed by atoms with Gasteiger partial charge in [-0.1, -0.05) is 0 Å². The van der Waals surface area contributed by atoms with Crippen LogP contribution in [-0.2, 0) is 7.05 Å². The molecule has 0 spiro atoms. The molecule has 0 atom stereocenters. The van der Waals surface area contributed by atoms with E-state index in [9.17, 15) is 4.79 Å². The van der Waals surface area contributed by atoms with Crippen LogP contribution in [-0.4, -0.2) is 30.6 Å². The molecule has 0 radical (unpaired) electrons. The van der Waals surface area contributed by atoms with Crippen molar-refractivity contribution in [2.24, 2.45) is 7.05 Å². The highest BCUT2D eigenvalue weighted by molar-refractivity contribution is 6.05. The van der Waals surface area contributed by atoms with Gasteiger partial charge in [-0.15, -0.1) is 0 Å². The van der Waals surface area contributed by atoms with Crippen molar-refractivity contribution in [1.82, 2.24) is 24.7 Å². The molecule has 4 heterocycles. The number of benzene rings is 1. The smallest absolute Gasteiger partial charge is 0.256 e. The number of hydrogen-bond donors (Lipinski definition) is 1. The summed E-state index contributed by atoms with van der Waals surface area (Å²) in [5.74, 6) is 0.168. The normalized spacial score (nSPS) is 11.2. The second-order valence-corrected chi connectivity index (χ2v) is 6.38. The Bertz CT molecular complexity index is 1340. The van der Waals surface area contributed by atoms with Crippen LogP contribution in [0.5, 0.6) is 0 Å². The van der Waals surface area contributed by atoms with Crippen LogP contribution in [0.25, 0.3) is 33.1 Å². The van der Waals surface area contributed by atoms with E-state index < -0.39 is 0 Å². The molecule has 0 aliphatic heterocycles. The van der Waals surface area contributed by atoms with Gasteiger partial charge < -0.3 is 9.73 Å². The maximum Gasteiger partial charge on any atom is 0.256 e. The number of rotatable bonds is 3. The molecule has 136 valence electrons. The first-order valence-electron chi connectivity index (χ1n) is 8.55. The van der Waals surface area contributed by atoms with E-state index in [0.29, 0.717) is 22.5 Å². The predicted octanol–water partition coefficient (Wildman–Crippen LogP) is 3.42. The van der Waals surface area contributed by atoms with Gasteiger partial charge >= 0.3 is 0 Å². The number of nitrogens with zero attached hydrogens (tertiary/aromatic N) is 5. The summed E-state index contributed by atoms with van der Waals surface area (Å²) in [5, 5.41) is 7.88. The van der Waals surface area contributed by atoms with Crippen molar-refractivity contribution in [3.63, 3.8) is 0 Å². The average Bonchev–Trinajstić information content (AvgIpc) is 3.35. The lowest BCUT2D eigenvalue weighted by molar-refractivity contribution is 0.102. The molecule has 0 unspecified atom stereocenters. The van der Waals surface area contributed by atoms with Gasteiger partial charge in [0.15, 0.2) is 12.0 Å². The van der Waals surface area contributed by atoms with E-state index in [2.05, 4.69) is 25.4 Å². The summed E-state index contributed by atoms with van der Waals surface area (Å²) in [6.45, 7) is 0. The fourth-order valence-electron chi connectivity index (χ4n) is 3.01. The standard InChI is InChI=1S/C20H14N6O2/c1-26-10-15(8-24-26)14-4-13-6-19(22-9-17(13)21-7-14)25-20(27)12-2-3-16-18(5-12)28-11-23-16/h2-11H,1H3,(H,22,25,27). The van der Waals surface area contributed by atoms with Gasteiger partial charge in [0, 0.05) is 41.5 Å². The zero-order valence-electron chi connectivity index (χ0n) is 14.8. The Morgan fingerprint density at radius 1 is 1.00 bits per heavy atom. The summed E-state index contributed by atoms with van der Waals surface area (Å²) >= 11 is 0. The van der Waals surface area contributed by atoms with Crippen molar-refractivity contribution >= 4 is 33.7 Å². The van der Waals surface area contributed by atoms with Crippen molar-refractivity contribution in [1.29, 1.82) is 0 Å². The molecule has 0 saturated heterocycles. The number of carbonyl (C=O) groups is 1. The molecular weight excluding hydrogens is 356 g/mol. The Kier molecular flexibility index (Phi) is 3.61. The molecule has 0 aliphatic carbocycles. The molecule has 8 heteroatoms. The lowest BCUT2D eigenvalue weighted by Crippen LogP contribution is -2.12. The minimum atomic E-state index is -0.276. The van der Waals surface area contributed by atoms with Crippen LogP contribution < -0.4 is 5.32 Å². The first kappa shape index (κ1) is 16.1. The number of pyridine rings is 2. The second kappa shape index (κ2) is 6.27. The van der Waals surface area contributed by atoms with Crippen molar-refractivity contribution in [3.8, 4) is 11.1 Å². The van der Waals surface area contributed by atoms with Gasteiger partial charge in [-0.05, 0) is 30.3 Å². The van der Waals surface area contributed by atoms with Gasteiger partial charge in [-0.3, -0.25) is 14.5 Å². The highest BCUT2D eigenvalue weighted by atomic mass is 16.3. The second-order valence-electron chi connectivity index (χ2n) is 6.38. The first-order chi connectivity index (χ1) is 13.7. The van der Waals surface area contributed by atoms with E-state index >= 15 is 0 Å². The largest absolute Gasteiger partial charge is 0.443 e. The fraction of sp³-hybridized carbons (Fsp3) is 0.0500. The summed E-state index contributed by atoms with van der Waals surface area (Å²) in [4.78, 5) is 25.3. The van der Waals surface area contributed by atoms with E-state index in [1.807, 2.05) is 19.3 Å².